The molecule has 30 heavy (non-hydrogen) atoms. The van der Waals surface area contributed by atoms with Crippen molar-refractivity contribution in [2.75, 3.05) is 37.4 Å². The number of ether oxygens (including phenoxy) is 1. The molecule has 1 fully saturated rings. The van der Waals surface area contributed by atoms with Crippen LogP contribution in [0.4, 0.5) is 21.6 Å². The Morgan fingerprint density at radius 2 is 1.97 bits per heavy atom. The molecule has 3 aromatic rings. The third-order valence-corrected chi connectivity index (χ3v) is 6.54. The second-order valence-corrected chi connectivity index (χ2v) is 8.66. The molecular formula is C22H25FIN5O. The van der Waals surface area contributed by atoms with Crippen molar-refractivity contribution >= 4 is 50.7 Å². The van der Waals surface area contributed by atoms with Crippen LogP contribution < -0.4 is 11.1 Å². The lowest BCUT2D eigenvalue weighted by Crippen LogP contribution is -2.48. The van der Waals surface area contributed by atoms with Crippen LogP contribution in [-0.2, 0) is 14.7 Å². The normalized spacial score (nSPS) is 15.5. The Balaban J connectivity index is 1.71. The first-order valence-corrected chi connectivity index (χ1v) is 11.4. The van der Waals surface area contributed by atoms with Crippen molar-refractivity contribution in [1.29, 1.82) is 0 Å². The molecule has 2 aromatic carbocycles. The van der Waals surface area contributed by atoms with Gasteiger partial charge in [0.25, 0.3) is 0 Å². The van der Waals surface area contributed by atoms with E-state index in [9.17, 15) is 4.39 Å². The SMILES string of the molecule is CC(C)(c1cc2ncnc(Nc3ccc(F)c(CI)c3)c2cc1N)N1CCOCC1. The predicted octanol–water partition coefficient (Wildman–Crippen LogP) is 4.60. The van der Waals surface area contributed by atoms with Gasteiger partial charge in [-0.05, 0) is 55.3 Å². The number of aromatic nitrogens is 2. The number of benzene rings is 2. The Kier molecular flexibility index (Phi) is 6.08. The summed E-state index contributed by atoms with van der Waals surface area (Å²) in [6.07, 6.45) is 1.54. The number of anilines is 3. The van der Waals surface area contributed by atoms with Gasteiger partial charge in [-0.1, -0.05) is 22.6 Å². The molecule has 1 aliphatic rings. The molecule has 0 saturated carbocycles. The van der Waals surface area contributed by atoms with Gasteiger partial charge in [0.2, 0.25) is 0 Å². The molecule has 4 rings (SSSR count). The lowest BCUT2D eigenvalue weighted by atomic mass is 9.89. The molecule has 1 aliphatic heterocycles. The van der Waals surface area contributed by atoms with Gasteiger partial charge in [-0.3, -0.25) is 4.90 Å². The van der Waals surface area contributed by atoms with E-state index in [1.54, 1.807) is 12.1 Å². The van der Waals surface area contributed by atoms with Gasteiger partial charge in [0, 0.05) is 39.8 Å². The molecule has 0 aliphatic carbocycles. The fourth-order valence-corrected chi connectivity index (χ4v) is 4.52. The topological polar surface area (TPSA) is 76.3 Å². The summed E-state index contributed by atoms with van der Waals surface area (Å²) in [7, 11) is 0. The van der Waals surface area contributed by atoms with Crippen molar-refractivity contribution < 1.29 is 9.13 Å². The van der Waals surface area contributed by atoms with Gasteiger partial charge in [-0.15, -0.1) is 0 Å². The van der Waals surface area contributed by atoms with Crippen LogP contribution in [-0.4, -0.2) is 41.2 Å². The maximum Gasteiger partial charge on any atom is 0.141 e. The Hall–Kier alpha value is -2.04. The number of rotatable bonds is 5. The monoisotopic (exact) mass is 521 g/mol. The highest BCUT2D eigenvalue weighted by Crippen LogP contribution is 2.36. The van der Waals surface area contributed by atoms with Crippen molar-refractivity contribution in [2.45, 2.75) is 23.8 Å². The van der Waals surface area contributed by atoms with E-state index >= 15 is 0 Å². The molecule has 0 spiro atoms. The van der Waals surface area contributed by atoms with E-state index in [2.05, 4.69) is 56.6 Å². The molecule has 0 radical (unpaired) electrons. The molecule has 0 atom stereocenters. The number of hydrogen-bond donors (Lipinski definition) is 2. The van der Waals surface area contributed by atoms with Crippen LogP contribution in [0.25, 0.3) is 10.9 Å². The highest BCUT2D eigenvalue weighted by molar-refractivity contribution is 14.1. The smallest absolute Gasteiger partial charge is 0.141 e. The number of hydrogen-bond acceptors (Lipinski definition) is 6. The maximum atomic E-state index is 13.8. The van der Waals surface area contributed by atoms with Gasteiger partial charge in [-0.2, -0.15) is 0 Å². The molecule has 0 amide bonds. The van der Waals surface area contributed by atoms with Crippen molar-refractivity contribution in [1.82, 2.24) is 14.9 Å². The summed E-state index contributed by atoms with van der Waals surface area (Å²) in [4.78, 5) is 11.3. The quantitative estimate of drug-likeness (QED) is 0.291. The zero-order valence-corrected chi connectivity index (χ0v) is 19.2. The zero-order valence-electron chi connectivity index (χ0n) is 17.1. The van der Waals surface area contributed by atoms with Crippen LogP contribution in [0.2, 0.25) is 0 Å². The van der Waals surface area contributed by atoms with E-state index < -0.39 is 0 Å². The molecule has 0 unspecified atom stereocenters. The van der Waals surface area contributed by atoms with E-state index in [4.69, 9.17) is 10.5 Å². The number of nitrogens with one attached hydrogen (secondary N) is 1. The first-order chi connectivity index (χ1) is 14.4. The van der Waals surface area contributed by atoms with Gasteiger partial charge >= 0.3 is 0 Å². The molecule has 1 saturated heterocycles. The van der Waals surface area contributed by atoms with Crippen LogP contribution in [0.15, 0.2) is 36.7 Å². The number of nitrogens with two attached hydrogens (primary N) is 1. The van der Waals surface area contributed by atoms with Gasteiger partial charge in [-0.25, -0.2) is 14.4 Å². The summed E-state index contributed by atoms with van der Waals surface area (Å²) in [6, 6.07) is 8.95. The van der Waals surface area contributed by atoms with E-state index in [1.165, 1.54) is 12.4 Å². The molecule has 2 heterocycles. The summed E-state index contributed by atoms with van der Waals surface area (Å²) in [6.45, 7) is 7.55. The largest absolute Gasteiger partial charge is 0.398 e. The van der Waals surface area contributed by atoms with Crippen LogP contribution in [0.1, 0.15) is 25.0 Å². The fourth-order valence-electron chi connectivity index (χ4n) is 3.93. The summed E-state index contributed by atoms with van der Waals surface area (Å²) < 4.78 is 19.9. The Morgan fingerprint density at radius 1 is 1.20 bits per heavy atom. The Morgan fingerprint density at radius 3 is 2.70 bits per heavy atom. The van der Waals surface area contributed by atoms with E-state index in [-0.39, 0.29) is 11.4 Å². The Labute approximate surface area is 189 Å². The minimum atomic E-state index is -0.243. The highest BCUT2D eigenvalue weighted by atomic mass is 127. The van der Waals surface area contributed by atoms with Crippen LogP contribution in [0, 0.1) is 5.82 Å². The molecule has 3 N–H and O–H groups in total. The minimum absolute atomic E-state index is 0.207. The van der Waals surface area contributed by atoms with Crippen LogP contribution >= 0.6 is 22.6 Å². The molecule has 158 valence electrons. The number of nitrogen functional groups attached to an aromatic ring is 1. The average Bonchev–Trinajstić information content (AvgIpc) is 2.75. The maximum absolute atomic E-state index is 13.8. The molecule has 0 bridgehead atoms. The highest BCUT2D eigenvalue weighted by Gasteiger charge is 2.32. The number of nitrogens with zero attached hydrogens (tertiary/aromatic N) is 3. The van der Waals surface area contributed by atoms with Crippen molar-refractivity contribution in [3.8, 4) is 0 Å². The third kappa shape index (κ3) is 4.08. The standard InChI is InChI=1S/C22H25FIN5O/c1-22(2,29-5-7-30-8-6-29)17-11-20-16(10-19(17)25)21(27-13-26-20)28-15-3-4-18(23)14(9-15)12-24/h3-4,9-11,13H,5-8,12,25H2,1-2H3,(H,26,27,28). The summed E-state index contributed by atoms with van der Waals surface area (Å²) in [5, 5.41) is 4.12. The number of fused-ring (bicyclic) bond motifs is 1. The van der Waals surface area contributed by atoms with Crippen molar-refractivity contribution in [3.63, 3.8) is 0 Å². The van der Waals surface area contributed by atoms with E-state index in [1.807, 2.05) is 12.1 Å². The first kappa shape index (κ1) is 21.2. The zero-order chi connectivity index (χ0) is 21.3. The summed E-state index contributed by atoms with van der Waals surface area (Å²) >= 11 is 2.15. The van der Waals surface area contributed by atoms with Gasteiger partial charge in [0.05, 0.1) is 18.7 Å². The van der Waals surface area contributed by atoms with Gasteiger partial charge < -0.3 is 15.8 Å². The average molecular weight is 521 g/mol. The van der Waals surface area contributed by atoms with Gasteiger partial charge in [0.1, 0.15) is 18.0 Å². The summed E-state index contributed by atoms with van der Waals surface area (Å²) in [5.41, 5.74) is 10.2. The van der Waals surface area contributed by atoms with Gasteiger partial charge in [0.15, 0.2) is 0 Å². The van der Waals surface area contributed by atoms with Crippen molar-refractivity contribution in [2.24, 2.45) is 0 Å². The number of morpholine rings is 1. The van der Waals surface area contributed by atoms with Crippen LogP contribution in [0.5, 0.6) is 0 Å². The molecule has 1 aromatic heterocycles. The predicted molar refractivity (Wildman–Crippen MR) is 127 cm³/mol. The summed E-state index contributed by atoms with van der Waals surface area (Å²) in [5.74, 6) is 0.440. The number of halogens is 2. The fraction of sp³-hybridized carbons (Fsp3) is 0.364. The molecule has 8 heteroatoms. The first-order valence-electron chi connectivity index (χ1n) is 9.89. The van der Waals surface area contributed by atoms with Crippen molar-refractivity contribution in [3.05, 3.63) is 53.6 Å². The van der Waals surface area contributed by atoms with Crippen LogP contribution in [0.3, 0.4) is 0 Å². The molecular weight excluding hydrogens is 496 g/mol. The van der Waals surface area contributed by atoms with E-state index in [0.29, 0.717) is 21.5 Å². The van der Waals surface area contributed by atoms with E-state index in [0.717, 1.165) is 48.5 Å². The lowest BCUT2D eigenvalue weighted by Gasteiger charge is -2.41. The second-order valence-electron chi connectivity index (χ2n) is 7.90. The molecule has 6 nitrogen and oxygen atoms in total. The number of alkyl halides is 1. The lowest BCUT2D eigenvalue weighted by molar-refractivity contribution is -0.0115. The third-order valence-electron chi connectivity index (χ3n) is 5.72. The minimum Gasteiger partial charge on any atom is -0.398 e. The second kappa shape index (κ2) is 8.60. The Bertz CT molecular complexity index is 1070.